The van der Waals surface area contributed by atoms with Gasteiger partial charge in [-0.25, -0.2) is 0 Å². The van der Waals surface area contributed by atoms with Crippen LogP contribution in [-0.4, -0.2) is 26.3 Å². The summed E-state index contributed by atoms with van der Waals surface area (Å²) in [5.41, 5.74) is 5.33. The second kappa shape index (κ2) is 6.80. The smallest absolute Gasteiger partial charge is 0.251 e. The van der Waals surface area contributed by atoms with Crippen LogP contribution in [-0.2, 0) is 0 Å². The van der Waals surface area contributed by atoms with Gasteiger partial charge in [0.05, 0.1) is 0 Å². The molecule has 1 aromatic rings. The molecular formula is C10H14N2O2. The highest BCUT2D eigenvalue weighted by Crippen LogP contribution is 2.04. The lowest BCUT2D eigenvalue weighted by atomic mass is 10.1. The van der Waals surface area contributed by atoms with Gasteiger partial charge in [0.15, 0.2) is 6.29 Å². The van der Waals surface area contributed by atoms with Gasteiger partial charge in [-0.3, -0.25) is 9.59 Å². The topological polar surface area (TPSA) is 72.2 Å². The lowest BCUT2D eigenvalue weighted by Crippen LogP contribution is -2.19. The maximum absolute atomic E-state index is 11.1. The van der Waals surface area contributed by atoms with E-state index in [4.69, 9.17) is 0 Å². The second-order valence-corrected chi connectivity index (χ2v) is 2.28. The van der Waals surface area contributed by atoms with E-state index in [-0.39, 0.29) is 5.91 Å². The number of carbonyl (C=O) groups excluding carboxylic acids is 2. The molecule has 4 heteroatoms. The fraction of sp³-hybridized carbons (Fsp3) is 0.200. The lowest BCUT2D eigenvalue weighted by Gasteiger charge is -2.00. The molecule has 0 unspecified atom stereocenters. The van der Waals surface area contributed by atoms with Gasteiger partial charge in [0.2, 0.25) is 0 Å². The number of carbonyl (C=O) groups is 2. The summed E-state index contributed by atoms with van der Waals surface area (Å²) in [6.07, 6.45) is 0.671. The molecule has 76 valence electrons. The molecule has 0 radical (unpaired) electrons. The van der Waals surface area contributed by atoms with Crippen LogP contribution >= 0.6 is 0 Å². The monoisotopic (exact) mass is 194 g/mol. The zero-order valence-corrected chi connectivity index (χ0v) is 8.28. The molecule has 0 heterocycles. The Morgan fingerprint density at radius 1 is 1.36 bits per heavy atom. The van der Waals surface area contributed by atoms with Crippen molar-refractivity contribution in [3.05, 3.63) is 35.4 Å². The second-order valence-electron chi connectivity index (χ2n) is 2.28. The molecule has 0 aromatic heterocycles. The minimum atomic E-state index is -0.238. The molecule has 0 spiro atoms. The third-order valence-corrected chi connectivity index (χ3v) is 1.56. The van der Waals surface area contributed by atoms with E-state index in [0.29, 0.717) is 17.4 Å². The van der Waals surface area contributed by atoms with Crippen LogP contribution in [0.2, 0.25) is 0 Å². The molecule has 0 saturated carbocycles. The fourth-order valence-corrected chi connectivity index (χ4v) is 0.941. The molecule has 0 bridgehead atoms. The summed E-state index contributed by atoms with van der Waals surface area (Å²) in [6.45, 7) is 0. The third-order valence-electron chi connectivity index (χ3n) is 1.56. The molecule has 0 fully saturated rings. The minimum absolute atomic E-state index is 0.238. The summed E-state index contributed by atoms with van der Waals surface area (Å²) in [6, 6.07) is 6.66. The Balaban J connectivity index is 0.000000791. The van der Waals surface area contributed by atoms with Crippen LogP contribution in [0.4, 0.5) is 0 Å². The number of rotatable bonds is 2. The van der Waals surface area contributed by atoms with Gasteiger partial charge < -0.3 is 11.1 Å². The predicted octanol–water partition coefficient (Wildman–Crippen LogP) is 0.434. The van der Waals surface area contributed by atoms with E-state index in [2.05, 4.69) is 11.1 Å². The van der Waals surface area contributed by atoms with E-state index in [1.807, 2.05) is 0 Å². The van der Waals surface area contributed by atoms with Gasteiger partial charge >= 0.3 is 0 Å². The first-order chi connectivity index (χ1) is 6.79. The largest absolute Gasteiger partial charge is 0.355 e. The Bertz CT molecular complexity index is 311. The standard InChI is InChI=1S/C9H9NO2.CH5N/c1-10-9(12)8-5-3-2-4-7(8)6-11;1-2/h2-6H,1H3,(H,10,12);2H2,1H3. The van der Waals surface area contributed by atoms with Crippen molar-refractivity contribution in [2.75, 3.05) is 14.1 Å². The number of hydrogen-bond donors (Lipinski definition) is 2. The van der Waals surface area contributed by atoms with Crippen LogP contribution in [0.25, 0.3) is 0 Å². The molecule has 3 N–H and O–H groups in total. The van der Waals surface area contributed by atoms with E-state index >= 15 is 0 Å². The lowest BCUT2D eigenvalue weighted by molar-refractivity contribution is 0.0957. The van der Waals surface area contributed by atoms with E-state index in [1.54, 1.807) is 24.3 Å². The highest BCUT2D eigenvalue weighted by atomic mass is 16.1. The molecule has 4 nitrogen and oxygen atoms in total. The quantitative estimate of drug-likeness (QED) is 0.671. The summed E-state index contributed by atoms with van der Waals surface area (Å²) >= 11 is 0. The van der Waals surface area contributed by atoms with Gasteiger partial charge in [-0.05, 0) is 13.1 Å². The molecule has 1 aromatic carbocycles. The Labute approximate surface area is 83.1 Å². The molecule has 1 rings (SSSR count). The SMILES string of the molecule is CN.CNC(=O)c1ccccc1C=O. The summed E-state index contributed by atoms with van der Waals surface area (Å²) < 4.78 is 0. The Hall–Kier alpha value is -1.68. The molecule has 0 saturated heterocycles. The normalized spacial score (nSPS) is 8.21. The van der Waals surface area contributed by atoms with E-state index in [9.17, 15) is 9.59 Å². The zero-order chi connectivity index (χ0) is 11.0. The van der Waals surface area contributed by atoms with Crippen molar-refractivity contribution in [3.8, 4) is 0 Å². The Morgan fingerprint density at radius 2 is 1.93 bits per heavy atom. The first-order valence-electron chi connectivity index (χ1n) is 4.13. The van der Waals surface area contributed by atoms with Gasteiger partial charge in [0.1, 0.15) is 0 Å². The number of amides is 1. The number of hydrogen-bond acceptors (Lipinski definition) is 3. The van der Waals surface area contributed by atoms with Crippen LogP contribution in [0.5, 0.6) is 0 Å². The number of nitrogens with two attached hydrogens (primary N) is 1. The molecule has 14 heavy (non-hydrogen) atoms. The molecule has 0 aliphatic heterocycles. The van der Waals surface area contributed by atoms with Crippen LogP contribution in [0, 0.1) is 0 Å². The van der Waals surface area contributed by atoms with Crippen LogP contribution < -0.4 is 11.1 Å². The summed E-state index contributed by atoms with van der Waals surface area (Å²) in [4.78, 5) is 21.6. The van der Waals surface area contributed by atoms with Crippen molar-refractivity contribution in [2.24, 2.45) is 5.73 Å². The van der Waals surface area contributed by atoms with Crippen molar-refractivity contribution >= 4 is 12.2 Å². The maximum Gasteiger partial charge on any atom is 0.251 e. The zero-order valence-electron chi connectivity index (χ0n) is 8.28. The van der Waals surface area contributed by atoms with Crippen molar-refractivity contribution < 1.29 is 9.59 Å². The highest BCUT2D eigenvalue weighted by Gasteiger charge is 2.06. The fourth-order valence-electron chi connectivity index (χ4n) is 0.941. The summed E-state index contributed by atoms with van der Waals surface area (Å²) in [5, 5.41) is 2.46. The van der Waals surface area contributed by atoms with E-state index in [0.717, 1.165) is 0 Å². The minimum Gasteiger partial charge on any atom is -0.355 e. The van der Waals surface area contributed by atoms with Gasteiger partial charge in [-0.2, -0.15) is 0 Å². The first kappa shape index (κ1) is 12.3. The predicted molar refractivity (Wildman–Crippen MR) is 55.3 cm³/mol. The van der Waals surface area contributed by atoms with E-state index in [1.165, 1.54) is 14.1 Å². The number of aldehydes is 1. The van der Waals surface area contributed by atoms with Crippen molar-refractivity contribution in [1.29, 1.82) is 0 Å². The van der Waals surface area contributed by atoms with Crippen LogP contribution in [0.1, 0.15) is 20.7 Å². The van der Waals surface area contributed by atoms with Crippen LogP contribution in [0.3, 0.4) is 0 Å². The average Bonchev–Trinajstić information content (AvgIpc) is 2.30. The highest BCUT2D eigenvalue weighted by molar-refractivity contribution is 6.01. The maximum atomic E-state index is 11.1. The van der Waals surface area contributed by atoms with Gasteiger partial charge in [0, 0.05) is 18.2 Å². The summed E-state index contributed by atoms with van der Waals surface area (Å²) in [5.74, 6) is -0.238. The van der Waals surface area contributed by atoms with Crippen molar-refractivity contribution in [1.82, 2.24) is 5.32 Å². The Kier molecular flexibility index (Phi) is 5.98. The third kappa shape index (κ3) is 2.99. The molecule has 0 aliphatic carbocycles. The van der Waals surface area contributed by atoms with E-state index < -0.39 is 0 Å². The van der Waals surface area contributed by atoms with Gasteiger partial charge in [-0.15, -0.1) is 0 Å². The number of nitrogens with one attached hydrogen (secondary N) is 1. The van der Waals surface area contributed by atoms with Gasteiger partial charge in [0.25, 0.3) is 5.91 Å². The first-order valence-corrected chi connectivity index (χ1v) is 4.13. The Morgan fingerprint density at radius 3 is 2.43 bits per heavy atom. The average molecular weight is 194 g/mol. The molecule has 1 amide bonds. The van der Waals surface area contributed by atoms with Crippen molar-refractivity contribution in [3.63, 3.8) is 0 Å². The molecular weight excluding hydrogens is 180 g/mol. The number of benzene rings is 1. The van der Waals surface area contributed by atoms with Crippen molar-refractivity contribution in [2.45, 2.75) is 0 Å². The van der Waals surface area contributed by atoms with Gasteiger partial charge in [-0.1, -0.05) is 18.2 Å². The summed E-state index contributed by atoms with van der Waals surface area (Å²) in [7, 11) is 3.03. The molecule has 0 aliphatic rings. The molecule has 0 atom stereocenters. The van der Waals surface area contributed by atoms with Crippen LogP contribution in [0.15, 0.2) is 24.3 Å².